The Morgan fingerprint density at radius 3 is 2.81 bits per heavy atom. The maximum Gasteiger partial charge on any atom is 0.216 e. The van der Waals surface area contributed by atoms with Crippen molar-refractivity contribution in [2.45, 2.75) is 57.8 Å². The highest BCUT2D eigenvalue weighted by molar-refractivity contribution is 6.31. The van der Waals surface area contributed by atoms with E-state index in [0.717, 1.165) is 64.6 Å². The van der Waals surface area contributed by atoms with Crippen molar-refractivity contribution in [1.29, 1.82) is 0 Å². The van der Waals surface area contributed by atoms with Gasteiger partial charge in [-0.1, -0.05) is 18.0 Å². The summed E-state index contributed by atoms with van der Waals surface area (Å²) in [6, 6.07) is 7.77. The van der Waals surface area contributed by atoms with Crippen LogP contribution in [-0.2, 0) is 6.42 Å². The molecule has 0 aliphatic heterocycles. The van der Waals surface area contributed by atoms with E-state index in [-0.39, 0.29) is 5.95 Å². The summed E-state index contributed by atoms with van der Waals surface area (Å²) in [7, 11) is 0. The molecule has 5 heteroatoms. The van der Waals surface area contributed by atoms with Gasteiger partial charge in [-0.2, -0.15) is 4.39 Å². The maximum absolute atomic E-state index is 13.7. The highest BCUT2D eigenvalue weighted by atomic mass is 35.5. The summed E-state index contributed by atoms with van der Waals surface area (Å²) in [6.45, 7) is 1.85. The van der Waals surface area contributed by atoms with Crippen LogP contribution in [0.1, 0.15) is 61.4 Å². The van der Waals surface area contributed by atoms with Crippen LogP contribution < -0.4 is 0 Å². The molecule has 0 unspecified atom stereocenters. The first-order chi connectivity index (χ1) is 13.1. The third kappa shape index (κ3) is 4.16. The van der Waals surface area contributed by atoms with Gasteiger partial charge in [0.05, 0.1) is 11.0 Å². The summed E-state index contributed by atoms with van der Waals surface area (Å²) in [5, 5.41) is 0.735. The molecular weight excluding hydrogens is 361 g/mol. The van der Waals surface area contributed by atoms with Gasteiger partial charge in [0.1, 0.15) is 5.82 Å². The van der Waals surface area contributed by atoms with Crippen molar-refractivity contribution in [3.8, 4) is 0 Å². The van der Waals surface area contributed by atoms with Crippen molar-refractivity contribution >= 4 is 22.6 Å². The minimum Gasteiger partial charge on any atom is -0.342 e. The molecule has 2 heterocycles. The number of aromatic amines is 1. The van der Waals surface area contributed by atoms with E-state index in [4.69, 9.17) is 11.6 Å². The second-order valence-electron chi connectivity index (χ2n) is 7.77. The molecule has 27 heavy (non-hydrogen) atoms. The standard InChI is InChI=1S/C22H25ClFN3/c1-14-18(11-12-25-22(14)24)16-7-5-15(6-8-16)3-2-4-21-26-19-10-9-17(23)13-20(19)27-21/h9-13,15-16H,2-8H2,1H3,(H,26,27)/t15-,16+. The summed E-state index contributed by atoms with van der Waals surface area (Å²) in [5.41, 5.74) is 3.88. The Hall–Kier alpha value is -1.94. The van der Waals surface area contributed by atoms with Crippen molar-refractivity contribution in [2.75, 3.05) is 0 Å². The van der Waals surface area contributed by atoms with Crippen molar-refractivity contribution in [3.63, 3.8) is 0 Å². The number of nitrogens with zero attached hydrogens (tertiary/aromatic N) is 2. The average Bonchev–Trinajstić information content (AvgIpc) is 3.06. The first-order valence-corrected chi connectivity index (χ1v) is 10.2. The lowest BCUT2D eigenvalue weighted by atomic mass is 9.76. The summed E-state index contributed by atoms with van der Waals surface area (Å²) >= 11 is 6.04. The molecule has 4 rings (SSSR count). The van der Waals surface area contributed by atoms with Crippen molar-refractivity contribution in [3.05, 3.63) is 58.4 Å². The number of fused-ring (bicyclic) bond motifs is 1. The fraction of sp³-hybridized carbons (Fsp3) is 0.455. The van der Waals surface area contributed by atoms with E-state index >= 15 is 0 Å². The molecule has 2 aromatic heterocycles. The third-order valence-electron chi connectivity index (χ3n) is 5.99. The van der Waals surface area contributed by atoms with Crippen LogP contribution in [-0.4, -0.2) is 15.0 Å². The Morgan fingerprint density at radius 1 is 1.19 bits per heavy atom. The maximum atomic E-state index is 13.7. The number of rotatable bonds is 5. The topological polar surface area (TPSA) is 41.6 Å². The fourth-order valence-electron chi connectivity index (χ4n) is 4.44. The second kappa shape index (κ2) is 7.97. The number of benzene rings is 1. The number of halogens is 2. The van der Waals surface area contributed by atoms with Gasteiger partial charge < -0.3 is 4.98 Å². The van der Waals surface area contributed by atoms with E-state index in [0.29, 0.717) is 5.92 Å². The lowest BCUT2D eigenvalue weighted by Crippen LogP contribution is -2.15. The molecular formula is C22H25ClFN3. The van der Waals surface area contributed by atoms with Gasteiger partial charge in [0.2, 0.25) is 5.95 Å². The quantitative estimate of drug-likeness (QED) is 0.519. The van der Waals surface area contributed by atoms with Gasteiger partial charge in [-0.3, -0.25) is 0 Å². The molecule has 0 saturated heterocycles. The normalized spacial score (nSPS) is 20.3. The van der Waals surface area contributed by atoms with Crippen LogP contribution in [0.25, 0.3) is 11.0 Å². The van der Waals surface area contributed by atoms with E-state index in [1.807, 2.05) is 31.2 Å². The van der Waals surface area contributed by atoms with Crippen LogP contribution in [0.2, 0.25) is 5.02 Å². The van der Waals surface area contributed by atoms with E-state index < -0.39 is 0 Å². The van der Waals surface area contributed by atoms with Crippen LogP contribution in [0.3, 0.4) is 0 Å². The zero-order chi connectivity index (χ0) is 18.8. The Bertz CT molecular complexity index is 928. The Morgan fingerprint density at radius 2 is 2.00 bits per heavy atom. The molecule has 0 spiro atoms. The Kier molecular flexibility index (Phi) is 5.44. The molecule has 0 bridgehead atoms. The lowest BCUT2D eigenvalue weighted by molar-refractivity contribution is 0.303. The summed E-state index contributed by atoms with van der Waals surface area (Å²) in [5.74, 6) is 1.98. The largest absolute Gasteiger partial charge is 0.342 e. The van der Waals surface area contributed by atoms with Gasteiger partial charge in [-0.15, -0.1) is 0 Å². The molecule has 3 aromatic rings. The monoisotopic (exact) mass is 385 g/mol. The number of nitrogens with one attached hydrogen (secondary N) is 1. The number of H-pyrrole nitrogens is 1. The van der Waals surface area contributed by atoms with Gasteiger partial charge in [-0.05, 0) is 80.7 Å². The molecule has 3 nitrogen and oxygen atoms in total. The molecule has 0 radical (unpaired) electrons. The number of aromatic nitrogens is 3. The van der Waals surface area contributed by atoms with E-state index in [2.05, 4.69) is 15.0 Å². The predicted molar refractivity (Wildman–Crippen MR) is 108 cm³/mol. The number of imidazole rings is 1. The van der Waals surface area contributed by atoms with Crippen molar-refractivity contribution < 1.29 is 4.39 Å². The minimum absolute atomic E-state index is 0.318. The summed E-state index contributed by atoms with van der Waals surface area (Å²) in [4.78, 5) is 11.8. The van der Waals surface area contributed by atoms with Gasteiger partial charge in [0.25, 0.3) is 0 Å². The van der Waals surface area contributed by atoms with Crippen LogP contribution >= 0.6 is 11.6 Å². The first-order valence-electron chi connectivity index (χ1n) is 9.85. The molecule has 1 aliphatic carbocycles. The average molecular weight is 386 g/mol. The third-order valence-corrected chi connectivity index (χ3v) is 6.23. The van der Waals surface area contributed by atoms with Crippen LogP contribution in [0.15, 0.2) is 30.5 Å². The van der Waals surface area contributed by atoms with Crippen LogP contribution in [0.5, 0.6) is 0 Å². The van der Waals surface area contributed by atoms with Crippen molar-refractivity contribution in [1.82, 2.24) is 15.0 Å². The molecule has 0 amide bonds. The number of aryl methyl sites for hydroxylation is 1. The summed E-state index contributed by atoms with van der Waals surface area (Å²) < 4.78 is 13.7. The molecule has 1 fully saturated rings. The van der Waals surface area contributed by atoms with E-state index in [1.54, 1.807) is 6.20 Å². The molecule has 1 aliphatic rings. The molecule has 1 aromatic carbocycles. The van der Waals surface area contributed by atoms with Gasteiger partial charge in [0.15, 0.2) is 0 Å². The summed E-state index contributed by atoms with van der Waals surface area (Å²) in [6.07, 6.45) is 9.70. The number of pyridine rings is 1. The van der Waals surface area contributed by atoms with Crippen LogP contribution in [0, 0.1) is 18.8 Å². The number of hydrogen-bond acceptors (Lipinski definition) is 2. The lowest BCUT2D eigenvalue weighted by Gasteiger charge is -2.29. The molecule has 0 atom stereocenters. The van der Waals surface area contributed by atoms with Gasteiger partial charge >= 0.3 is 0 Å². The highest BCUT2D eigenvalue weighted by Crippen LogP contribution is 2.38. The highest BCUT2D eigenvalue weighted by Gasteiger charge is 2.24. The molecule has 1 saturated carbocycles. The van der Waals surface area contributed by atoms with E-state index in [9.17, 15) is 4.39 Å². The van der Waals surface area contributed by atoms with Gasteiger partial charge in [-0.25, -0.2) is 9.97 Å². The predicted octanol–water partition coefficient (Wildman–Crippen LogP) is 6.36. The Balaban J connectivity index is 1.27. The van der Waals surface area contributed by atoms with E-state index in [1.165, 1.54) is 19.3 Å². The minimum atomic E-state index is -0.318. The zero-order valence-electron chi connectivity index (χ0n) is 15.6. The smallest absolute Gasteiger partial charge is 0.216 e. The Labute approximate surface area is 164 Å². The molecule has 1 N–H and O–H groups in total. The second-order valence-corrected chi connectivity index (χ2v) is 8.21. The zero-order valence-corrected chi connectivity index (χ0v) is 16.4. The SMILES string of the molecule is Cc1c(F)nccc1[C@H]1CC[C@@H](CCCc2nc3ccc(Cl)cc3[nH]2)CC1. The van der Waals surface area contributed by atoms with Crippen LogP contribution in [0.4, 0.5) is 4.39 Å². The van der Waals surface area contributed by atoms with Gasteiger partial charge in [0, 0.05) is 23.2 Å². The molecule has 142 valence electrons. The first kappa shape index (κ1) is 18.4. The number of hydrogen-bond donors (Lipinski definition) is 1. The van der Waals surface area contributed by atoms with Crippen molar-refractivity contribution in [2.24, 2.45) is 5.92 Å². The fourth-order valence-corrected chi connectivity index (χ4v) is 4.61.